The molecule has 21 heavy (non-hydrogen) atoms. The van der Waals surface area contributed by atoms with Crippen molar-refractivity contribution in [2.24, 2.45) is 0 Å². The molecule has 0 spiro atoms. The lowest BCUT2D eigenvalue weighted by molar-refractivity contribution is 0.439. The van der Waals surface area contributed by atoms with E-state index in [1.54, 1.807) is 12.4 Å². The monoisotopic (exact) mass is 279 g/mol. The first-order valence-corrected chi connectivity index (χ1v) is 6.92. The lowest BCUT2D eigenvalue weighted by atomic mass is 9.97. The SMILES string of the molecule is CC(C)c1ccc(-c2c(-c3cccnc3)noc2N)cc1. The van der Waals surface area contributed by atoms with E-state index in [0.29, 0.717) is 11.8 Å². The molecule has 0 unspecified atom stereocenters. The Kier molecular flexibility index (Phi) is 3.44. The van der Waals surface area contributed by atoms with Crippen LogP contribution in [-0.2, 0) is 0 Å². The van der Waals surface area contributed by atoms with Gasteiger partial charge in [-0.1, -0.05) is 43.3 Å². The van der Waals surface area contributed by atoms with Gasteiger partial charge in [0.1, 0.15) is 5.69 Å². The Hall–Kier alpha value is -2.62. The van der Waals surface area contributed by atoms with E-state index < -0.39 is 0 Å². The quantitative estimate of drug-likeness (QED) is 0.783. The molecule has 0 aliphatic carbocycles. The lowest BCUT2D eigenvalue weighted by Crippen LogP contribution is -1.90. The Morgan fingerprint density at radius 3 is 2.43 bits per heavy atom. The van der Waals surface area contributed by atoms with Gasteiger partial charge in [-0.2, -0.15) is 0 Å². The first-order valence-electron chi connectivity index (χ1n) is 6.92. The summed E-state index contributed by atoms with van der Waals surface area (Å²) in [6.07, 6.45) is 3.48. The molecular formula is C17H17N3O. The van der Waals surface area contributed by atoms with Crippen molar-refractivity contribution in [1.82, 2.24) is 10.1 Å². The molecule has 0 saturated carbocycles. The zero-order valence-electron chi connectivity index (χ0n) is 12.1. The van der Waals surface area contributed by atoms with E-state index in [-0.39, 0.29) is 0 Å². The molecular weight excluding hydrogens is 262 g/mol. The van der Waals surface area contributed by atoms with E-state index >= 15 is 0 Å². The minimum atomic E-state index is 0.325. The minimum Gasteiger partial charge on any atom is -0.367 e. The van der Waals surface area contributed by atoms with Crippen LogP contribution in [0.1, 0.15) is 25.3 Å². The Balaban J connectivity index is 2.08. The van der Waals surface area contributed by atoms with E-state index in [4.69, 9.17) is 10.3 Å². The summed E-state index contributed by atoms with van der Waals surface area (Å²) in [6, 6.07) is 12.1. The average molecular weight is 279 g/mol. The Morgan fingerprint density at radius 1 is 1.05 bits per heavy atom. The highest BCUT2D eigenvalue weighted by atomic mass is 16.5. The largest absolute Gasteiger partial charge is 0.367 e. The molecule has 4 nitrogen and oxygen atoms in total. The maximum atomic E-state index is 5.96. The lowest BCUT2D eigenvalue weighted by Gasteiger charge is -2.07. The van der Waals surface area contributed by atoms with Crippen LogP contribution >= 0.6 is 0 Å². The molecule has 0 atom stereocenters. The Bertz CT molecular complexity index is 730. The molecule has 0 radical (unpaired) electrons. The van der Waals surface area contributed by atoms with Crippen molar-refractivity contribution >= 4 is 5.88 Å². The van der Waals surface area contributed by atoms with Crippen LogP contribution in [0.4, 0.5) is 5.88 Å². The molecule has 0 amide bonds. The summed E-state index contributed by atoms with van der Waals surface area (Å²) in [5.74, 6) is 0.822. The predicted octanol–water partition coefficient (Wildman–Crippen LogP) is 4.11. The van der Waals surface area contributed by atoms with Gasteiger partial charge >= 0.3 is 0 Å². The number of hydrogen-bond acceptors (Lipinski definition) is 4. The summed E-state index contributed by atoms with van der Waals surface area (Å²) < 4.78 is 5.18. The van der Waals surface area contributed by atoms with Crippen LogP contribution in [0.25, 0.3) is 22.4 Å². The van der Waals surface area contributed by atoms with Crippen LogP contribution in [0.15, 0.2) is 53.3 Å². The van der Waals surface area contributed by atoms with Crippen LogP contribution in [-0.4, -0.2) is 10.1 Å². The summed E-state index contributed by atoms with van der Waals surface area (Å²) in [5.41, 5.74) is 10.7. The number of hydrogen-bond donors (Lipinski definition) is 1. The highest BCUT2D eigenvalue weighted by Gasteiger charge is 2.17. The second-order valence-corrected chi connectivity index (χ2v) is 5.29. The Labute approximate surface area is 123 Å². The third-order valence-corrected chi connectivity index (χ3v) is 3.52. The van der Waals surface area contributed by atoms with Gasteiger partial charge in [0.25, 0.3) is 0 Å². The highest BCUT2D eigenvalue weighted by Crippen LogP contribution is 2.36. The number of aromatic nitrogens is 2. The fourth-order valence-electron chi connectivity index (χ4n) is 2.32. The van der Waals surface area contributed by atoms with Crippen LogP contribution < -0.4 is 5.73 Å². The third-order valence-electron chi connectivity index (χ3n) is 3.52. The number of nitrogens with two attached hydrogens (primary N) is 1. The Morgan fingerprint density at radius 2 is 1.81 bits per heavy atom. The summed E-state index contributed by atoms with van der Waals surface area (Å²) in [4.78, 5) is 4.12. The fourth-order valence-corrected chi connectivity index (χ4v) is 2.32. The van der Waals surface area contributed by atoms with Crippen LogP contribution in [0.5, 0.6) is 0 Å². The number of nitrogen functional groups attached to an aromatic ring is 1. The number of anilines is 1. The molecule has 2 heterocycles. The van der Waals surface area contributed by atoms with Gasteiger partial charge < -0.3 is 10.3 Å². The molecule has 2 aromatic heterocycles. The zero-order valence-corrected chi connectivity index (χ0v) is 12.1. The molecule has 3 aromatic rings. The summed E-state index contributed by atoms with van der Waals surface area (Å²) in [7, 11) is 0. The third kappa shape index (κ3) is 2.52. The molecule has 0 saturated heterocycles. The second-order valence-electron chi connectivity index (χ2n) is 5.29. The van der Waals surface area contributed by atoms with Crippen LogP contribution in [0.2, 0.25) is 0 Å². The van der Waals surface area contributed by atoms with Crippen LogP contribution in [0, 0.1) is 0 Å². The molecule has 1 aromatic carbocycles. The number of benzene rings is 1. The van der Waals surface area contributed by atoms with E-state index in [9.17, 15) is 0 Å². The van der Waals surface area contributed by atoms with Crippen molar-refractivity contribution in [3.05, 3.63) is 54.4 Å². The maximum Gasteiger partial charge on any atom is 0.230 e. The van der Waals surface area contributed by atoms with Gasteiger partial charge in [-0.3, -0.25) is 4.98 Å². The first-order chi connectivity index (χ1) is 10.2. The van der Waals surface area contributed by atoms with Crippen molar-refractivity contribution < 1.29 is 4.52 Å². The van der Waals surface area contributed by atoms with E-state index in [1.165, 1.54) is 5.56 Å². The van der Waals surface area contributed by atoms with Gasteiger partial charge in [-0.15, -0.1) is 0 Å². The summed E-state index contributed by atoms with van der Waals surface area (Å²) >= 11 is 0. The summed E-state index contributed by atoms with van der Waals surface area (Å²) in [6.45, 7) is 4.34. The second kappa shape index (κ2) is 5.40. The minimum absolute atomic E-state index is 0.325. The predicted molar refractivity (Wildman–Crippen MR) is 83.7 cm³/mol. The molecule has 0 aliphatic rings. The van der Waals surface area contributed by atoms with Crippen molar-refractivity contribution in [3.63, 3.8) is 0 Å². The van der Waals surface area contributed by atoms with Crippen molar-refractivity contribution in [1.29, 1.82) is 0 Å². The first kappa shape index (κ1) is 13.4. The van der Waals surface area contributed by atoms with E-state index in [1.807, 2.05) is 12.1 Å². The zero-order chi connectivity index (χ0) is 14.8. The topological polar surface area (TPSA) is 64.9 Å². The molecule has 3 rings (SSSR count). The molecule has 0 fully saturated rings. The number of rotatable bonds is 3. The number of pyridine rings is 1. The van der Waals surface area contributed by atoms with Crippen LogP contribution in [0.3, 0.4) is 0 Å². The van der Waals surface area contributed by atoms with E-state index in [2.05, 4.69) is 48.3 Å². The van der Waals surface area contributed by atoms with Crippen molar-refractivity contribution in [3.8, 4) is 22.4 Å². The summed E-state index contributed by atoms with van der Waals surface area (Å²) in [5, 5.41) is 4.08. The molecule has 2 N–H and O–H groups in total. The van der Waals surface area contributed by atoms with Gasteiger partial charge in [0.05, 0.1) is 5.56 Å². The molecule has 4 heteroatoms. The van der Waals surface area contributed by atoms with Gasteiger partial charge in [0, 0.05) is 18.0 Å². The van der Waals surface area contributed by atoms with Crippen molar-refractivity contribution in [2.75, 3.05) is 5.73 Å². The smallest absolute Gasteiger partial charge is 0.230 e. The average Bonchev–Trinajstić information content (AvgIpc) is 2.90. The standard InChI is InChI=1S/C17H17N3O/c1-11(2)12-5-7-13(8-6-12)15-16(20-21-17(15)18)14-4-3-9-19-10-14/h3-11H,18H2,1-2H3. The normalized spacial score (nSPS) is 11.0. The number of nitrogens with zero attached hydrogens (tertiary/aromatic N) is 2. The van der Waals surface area contributed by atoms with E-state index in [0.717, 1.165) is 22.4 Å². The molecule has 0 aliphatic heterocycles. The van der Waals surface area contributed by atoms with Crippen molar-refractivity contribution in [2.45, 2.75) is 19.8 Å². The van der Waals surface area contributed by atoms with Gasteiger partial charge in [0.15, 0.2) is 0 Å². The highest BCUT2D eigenvalue weighted by molar-refractivity contribution is 5.86. The fraction of sp³-hybridized carbons (Fsp3) is 0.176. The van der Waals surface area contributed by atoms with Gasteiger partial charge in [-0.05, 0) is 29.2 Å². The molecule has 106 valence electrons. The van der Waals surface area contributed by atoms with Gasteiger partial charge in [0.2, 0.25) is 5.88 Å². The molecule has 0 bridgehead atoms. The van der Waals surface area contributed by atoms with Gasteiger partial charge in [-0.25, -0.2) is 0 Å². The maximum absolute atomic E-state index is 5.96.